The molecule has 1 N–H and O–H groups in total. The molecule has 3 aromatic rings. The van der Waals surface area contributed by atoms with E-state index in [1.54, 1.807) is 6.07 Å². The molecule has 0 unspecified atom stereocenters. The van der Waals surface area contributed by atoms with E-state index in [0.717, 1.165) is 22.7 Å². The predicted molar refractivity (Wildman–Crippen MR) is 71.4 cm³/mol. The maximum atomic E-state index is 13.2. The van der Waals surface area contributed by atoms with Gasteiger partial charge in [-0.2, -0.15) is 0 Å². The van der Waals surface area contributed by atoms with Crippen LogP contribution in [0.5, 0.6) is 0 Å². The fraction of sp³-hybridized carbons (Fsp3) is 0.133. The molecule has 0 saturated carbocycles. The number of hydrogen-bond donors (Lipinski definition) is 1. The fourth-order valence-corrected chi connectivity index (χ4v) is 2.28. The molecule has 0 aliphatic heterocycles. The highest BCUT2D eigenvalue weighted by molar-refractivity contribution is 6.05. The number of fused-ring (bicyclic) bond motifs is 3. The Bertz CT molecular complexity index is 805. The average Bonchev–Trinajstić information content (AvgIpc) is 2.38. The molecule has 0 bridgehead atoms. The van der Waals surface area contributed by atoms with E-state index in [1.807, 2.05) is 18.2 Å². The molecule has 1 aromatic heterocycles. The number of nitrogens with one attached hydrogen (secondary N) is 1. The van der Waals surface area contributed by atoms with Crippen molar-refractivity contribution >= 4 is 21.7 Å². The summed E-state index contributed by atoms with van der Waals surface area (Å²) in [4.78, 5) is 14.7. The van der Waals surface area contributed by atoms with Crippen LogP contribution >= 0.6 is 0 Å². The summed E-state index contributed by atoms with van der Waals surface area (Å²) in [5.41, 5.74) is 1.73. The highest BCUT2D eigenvalue weighted by atomic mass is 19.1. The lowest BCUT2D eigenvalue weighted by Crippen LogP contribution is -2.06. The van der Waals surface area contributed by atoms with Gasteiger partial charge in [-0.15, -0.1) is 0 Å². The van der Waals surface area contributed by atoms with Crippen LogP contribution in [-0.4, -0.2) is 4.98 Å². The van der Waals surface area contributed by atoms with E-state index in [1.165, 1.54) is 17.7 Å². The largest absolute Gasteiger partial charge is 0.321 e. The second-order valence-corrected chi connectivity index (χ2v) is 4.38. The third-order valence-corrected chi connectivity index (χ3v) is 3.26. The van der Waals surface area contributed by atoms with E-state index >= 15 is 0 Å². The van der Waals surface area contributed by atoms with Gasteiger partial charge in [0.25, 0.3) is 5.56 Å². The molecule has 0 aliphatic rings. The molecular weight excluding hydrogens is 229 g/mol. The van der Waals surface area contributed by atoms with Crippen LogP contribution in [-0.2, 0) is 6.42 Å². The number of hydrogen-bond acceptors (Lipinski definition) is 1. The summed E-state index contributed by atoms with van der Waals surface area (Å²) >= 11 is 0. The van der Waals surface area contributed by atoms with Crippen LogP contribution in [0, 0.1) is 5.82 Å². The summed E-state index contributed by atoms with van der Waals surface area (Å²) < 4.78 is 13.2. The normalized spacial score (nSPS) is 11.2. The lowest BCUT2D eigenvalue weighted by molar-refractivity contribution is 0.629. The van der Waals surface area contributed by atoms with Gasteiger partial charge >= 0.3 is 0 Å². The van der Waals surface area contributed by atoms with Gasteiger partial charge in [-0.05, 0) is 35.6 Å². The fourth-order valence-electron chi connectivity index (χ4n) is 2.28. The van der Waals surface area contributed by atoms with Crippen LogP contribution in [0.1, 0.15) is 12.5 Å². The molecule has 1 heterocycles. The van der Waals surface area contributed by atoms with Crippen molar-refractivity contribution in [2.24, 2.45) is 0 Å². The summed E-state index contributed by atoms with van der Waals surface area (Å²) in [6, 6.07) is 10.3. The minimum absolute atomic E-state index is 0.245. The van der Waals surface area contributed by atoms with E-state index in [9.17, 15) is 9.18 Å². The summed E-state index contributed by atoms with van der Waals surface area (Å²) in [5, 5.41) is 2.13. The van der Waals surface area contributed by atoms with E-state index in [-0.39, 0.29) is 5.56 Å². The zero-order valence-corrected chi connectivity index (χ0v) is 9.96. The molecule has 3 rings (SSSR count). The monoisotopic (exact) mass is 241 g/mol. The zero-order valence-electron chi connectivity index (χ0n) is 9.96. The van der Waals surface area contributed by atoms with Crippen LogP contribution in [0.15, 0.2) is 41.2 Å². The number of halogens is 1. The molecule has 0 radical (unpaired) electrons. The van der Waals surface area contributed by atoms with Crippen molar-refractivity contribution in [2.45, 2.75) is 13.3 Å². The maximum absolute atomic E-state index is 13.2. The quantitative estimate of drug-likeness (QED) is 0.651. The Morgan fingerprint density at radius 3 is 2.61 bits per heavy atom. The van der Waals surface area contributed by atoms with Crippen molar-refractivity contribution in [1.29, 1.82) is 0 Å². The molecule has 0 spiro atoms. The second kappa shape index (κ2) is 3.95. The van der Waals surface area contributed by atoms with E-state index in [4.69, 9.17) is 0 Å². The number of aryl methyl sites for hydroxylation is 1. The maximum Gasteiger partial charge on any atom is 0.256 e. The second-order valence-electron chi connectivity index (χ2n) is 4.38. The molecular formula is C15H12FNO. The number of aromatic amines is 1. The molecule has 3 heteroatoms. The van der Waals surface area contributed by atoms with Gasteiger partial charge in [0.2, 0.25) is 0 Å². The molecule has 0 amide bonds. The minimum atomic E-state index is -0.391. The van der Waals surface area contributed by atoms with Crippen molar-refractivity contribution in [1.82, 2.24) is 4.98 Å². The number of H-pyrrole nitrogens is 1. The SMILES string of the molecule is CCc1ccc2c(c1)[nH]c(=O)c1cc(F)ccc12. The Kier molecular flexibility index (Phi) is 2.40. The van der Waals surface area contributed by atoms with Crippen molar-refractivity contribution in [3.8, 4) is 0 Å². The Balaban J connectivity index is 2.50. The zero-order chi connectivity index (χ0) is 12.7. The standard InChI is InChI=1S/C15H12FNO/c1-2-9-3-5-12-11-6-4-10(16)8-13(11)15(18)17-14(12)7-9/h3-8H,2H2,1H3,(H,17,18). The lowest BCUT2D eigenvalue weighted by atomic mass is 10.0. The first-order chi connectivity index (χ1) is 8.69. The van der Waals surface area contributed by atoms with Crippen LogP contribution in [0.25, 0.3) is 21.7 Å². The first-order valence-electron chi connectivity index (χ1n) is 5.93. The Morgan fingerprint density at radius 1 is 1.06 bits per heavy atom. The van der Waals surface area contributed by atoms with Gasteiger partial charge in [0.15, 0.2) is 0 Å². The number of rotatable bonds is 1. The number of pyridine rings is 1. The molecule has 0 saturated heterocycles. The van der Waals surface area contributed by atoms with Crippen LogP contribution in [0.2, 0.25) is 0 Å². The average molecular weight is 241 g/mol. The van der Waals surface area contributed by atoms with Gasteiger partial charge in [-0.25, -0.2) is 4.39 Å². The van der Waals surface area contributed by atoms with Crippen LogP contribution in [0.4, 0.5) is 4.39 Å². The van der Waals surface area contributed by atoms with E-state index in [0.29, 0.717) is 5.39 Å². The van der Waals surface area contributed by atoms with E-state index in [2.05, 4.69) is 11.9 Å². The van der Waals surface area contributed by atoms with Gasteiger partial charge < -0.3 is 4.98 Å². The topological polar surface area (TPSA) is 32.9 Å². The van der Waals surface area contributed by atoms with Crippen molar-refractivity contribution in [3.05, 3.63) is 58.1 Å². The lowest BCUT2D eigenvalue weighted by Gasteiger charge is -2.05. The third kappa shape index (κ3) is 1.59. The van der Waals surface area contributed by atoms with Crippen LogP contribution in [0.3, 0.4) is 0 Å². The summed E-state index contributed by atoms with van der Waals surface area (Å²) in [7, 11) is 0. The van der Waals surface area contributed by atoms with Gasteiger partial charge in [-0.1, -0.05) is 25.1 Å². The molecule has 90 valence electrons. The Hall–Kier alpha value is -2.16. The van der Waals surface area contributed by atoms with Crippen molar-refractivity contribution in [3.63, 3.8) is 0 Å². The highest BCUT2D eigenvalue weighted by Gasteiger charge is 2.06. The first kappa shape index (κ1) is 11.0. The van der Waals surface area contributed by atoms with Crippen LogP contribution < -0.4 is 5.56 Å². The number of aromatic nitrogens is 1. The Labute approximate surface area is 103 Å². The summed E-state index contributed by atoms with van der Waals surface area (Å²) in [5.74, 6) is -0.391. The number of benzene rings is 2. The van der Waals surface area contributed by atoms with Gasteiger partial charge in [0.1, 0.15) is 5.82 Å². The molecule has 0 fully saturated rings. The molecule has 18 heavy (non-hydrogen) atoms. The van der Waals surface area contributed by atoms with Gasteiger partial charge in [-0.3, -0.25) is 4.79 Å². The minimum Gasteiger partial charge on any atom is -0.321 e. The first-order valence-corrected chi connectivity index (χ1v) is 5.93. The van der Waals surface area contributed by atoms with E-state index < -0.39 is 5.82 Å². The Morgan fingerprint density at radius 2 is 1.83 bits per heavy atom. The third-order valence-electron chi connectivity index (χ3n) is 3.26. The van der Waals surface area contributed by atoms with Crippen molar-refractivity contribution in [2.75, 3.05) is 0 Å². The predicted octanol–water partition coefficient (Wildman–Crippen LogP) is 3.38. The molecule has 0 aliphatic carbocycles. The van der Waals surface area contributed by atoms with Gasteiger partial charge in [0, 0.05) is 10.9 Å². The highest BCUT2D eigenvalue weighted by Crippen LogP contribution is 2.22. The molecule has 2 aromatic carbocycles. The van der Waals surface area contributed by atoms with Gasteiger partial charge in [0.05, 0.1) is 5.39 Å². The smallest absolute Gasteiger partial charge is 0.256 e. The molecule has 0 atom stereocenters. The molecule has 2 nitrogen and oxygen atoms in total. The van der Waals surface area contributed by atoms with Crippen molar-refractivity contribution < 1.29 is 4.39 Å². The summed E-state index contributed by atoms with van der Waals surface area (Å²) in [6.07, 6.45) is 0.916. The summed E-state index contributed by atoms with van der Waals surface area (Å²) in [6.45, 7) is 2.07.